The Kier molecular flexibility index (Phi) is 4.13. The van der Waals surface area contributed by atoms with Crippen molar-refractivity contribution in [1.29, 1.82) is 0 Å². The van der Waals surface area contributed by atoms with Crippen LogP contribution in [0.1, 0.15) is 24.8 Å². The predicted octanol–water partition coefficient (Wildman–Crippen LogP) is 2.55. The summed E-state index contributed by atoms with van der Waals surface area (Å²) < 4.78 is 32.9. The van der Waals surface area contributed by atoms with Gasteiger partial charge in [0.05, 0.1) is 7.11 Å². The van der Waals surface area contributed by atoms with Crippen LogP contribution >= 0.6 is 0 Å². The first-order valence-electron chi connectivity index (χ1n) is 7.57. The molecule has 2 aliphatic rings. The Hall–Kier alpha value is -1.20. The van der Waals surface area contributed by atoms with E-state index in [0.29, 0.717) is 12.0 Å². The van der Waals surface area contributed by atoms with E-state index in [-0.39, 0.29) is 11.3 Å². The molecule has 21 heavy (non-hydrogen) atoms. The van der Waals surface area contributed by atoms with Gasteiger partial charge in [-0.1, -0.05) is 0 Å². The quantitative estimate of drug-likeness (QED) is 0.928. The Morgan fingerprint density at radius 1 is 1.29 bits per heavy atom. The normalized spacial score (nSPS) is 26.4. The third-order valence-electron chi connectivity index (χ3n) is 4.81. The highest BCUT2D eigenvalue weighted by Crippen LogP contribution is 2.37. The zero-order valence-corrected chi connectivity index (χ0v) is 12.4. The fraction of sp³-hybridized carbons (Fsp3) is 0.625. The van der Waals surface area contributed by atoms with Gasteiger partial charge < -0.3 is 10.1 Å². The van der Waals surface area contributed by atoms with Crippen LogP contribution in [0.5, 0.6) is 5.75 Å². The van der Waals surface area contributed by atoms with E-state index in [4.69, 9.17) is 4.74 Å². The Balaban J connectivity index is 1.70. The van der Waals surface area contributed by atoms with Crippen molar-refractivity contribution in [2.45, 2.75) is 25.8 Å². The van der Waals surface area contributed by atoms with Crippen molar-refractivity contribution in [3.8, 4) is 5.75 Å². The fourth-order valence-corrected chi connectivity index (χ4v) is 3.61. The number of ether oxygens (including phenoxy) is 1. The maximum Gasteiger partial charge on any atom is 0.134 e. The van der Waals surface area contributed by atoms with Gasteiger partial charge in [0.2, 0.25) is 0 Å². The molecule has 3 nitrogen and oxygen atoms in total. The zero-order chi connectivity index (χ0) is 14.9. The van der Waals surface area contributed by atoms with Gasteiger partial charge in [-0.05, 0) is 37.8 Å². The molecule has 2 aliphatic heterocycles. The van der Waals surface area contributed by atoms with Crippen molar-refractivity contribution >= 4 is 0 Å². The first-order chi connectivity index (χ1) is 10.1. The molecule has 2 saturated heterocycles. The lowest BCUT2D eigenvalue weighted by atomic mass is 9.80. The first-order valence-corrected chi connectivity index (χ1v) is 7.57. The Morgan fingerprint density at radius 3 is 2.67 bits per heavy atom. The number of hydrogen-bond donors (Lipinski definition) is 1. The smallest absolute Gasteiger partial charge is 0.134 e. The number of likely N-dealkylation sites (tertiary alicyclic amines) is 1. The summed E-state index contributed by atoms with van der Waals surface area (Å²) in [6, 6.07) is 2.51. The lowest BCUT2D eigenvalue weighted by molar-refractivity contribution is 0.197. The zero-order valence-electron chi connectivity index (χ0n) is 12.4. The average Bonchev–Trinajstić information content (AvgIpc) is 2.86. The minimum Gasteiger partial charge on any atom is -0.497 e. The van der Waals surface area contributed by atoms with Gasteiger partial charge in [-0.3, -0.25) is 4.90 Å². The average molecular weight is 296 g/mol. The maximum absolute atomic E-state index is 14.0. The van der Waals surface area contributed by atoms with E-state index < -0.39 is 11.6 Å². The molecule has 2 heterocycles. The van der Waals surface area contributed by atoms with Gasteiger partial charge in [0.25, 0.3) is 0 Å². The molecule has 0 radical (unpaired) electrons. The highest BCUT2D eigenvalue weighted by molar-refractivity contribution is 5.30. The van der Waals surface area contributed by atoms with Crippen molar-refractivity contribution in [3.05, 3.63) is 29.3 Å². The molecular formula is C16H22F2N2O. The number of halogens is 2. The molecule has 1 aromatic carbocycles. The largest absolute Gasteiger partial charge is 0.497 e. The van der Waals surface area contributed by atoms with E-state index in [1.54, 1.807) is 0 Å². The van der Waals surface area contributed by atoms with E-state index in [1.165, 1.54) is 32.1 Å². The summed E-state index contributed by atoms with van der Waals surface area (Å²) in [6.07, 6.45) is 3.52. The van der Waals surface area contributed by atoms with Gasteiger partial charge in [0.15, 0.2) is 0 Å². The summed E-state index contributed by atoms with van der Waals surface area (Å²) in [5, 5.41) is 3.45. The van der Waals surface area contributed by atoms with Gasteiger partial charge in [-0.25, -0.2) is 8.78 Å². The van der Waals surface area contributed by atoms with Gasteiger partial charge in [0, 0.05) is 37.3 Å². The molecule has 1 N–H and O–H groups in total. The summed E-state index contributed by atoms with van der Waals surface area (Å²) in [5.41, 5.74) is 0.453. The van der Waals surface area contributed by atoms with Crippen LogP contribution < -0.4 is 10.1 Å². The van der Waals surface area contributed by atoms with Crippen LogP contribution in [-0.4, -0.2) is 38.2 Å². The highest BCUT2D eigenvalue weighted by atomic mass is 19.1. The molecule has 0 saturated carbocycles. The summed E-state index contributed by atoms with van der Waals surface area (Å²) in [6.45, 7) is 4.28. The second kappa shape index (κ2) is 5.89. The van der Waals surface area contributed by atoms with E-state index in [9.17, 15) is 8.78 Å². The molecule has 1 atom stereocenters. The molecule has 1 aromatic rings. The lowest BCUT2D eigenvalue weighted by Crippen LogP contribution is -2.41. The van der Waals surface area contributed by atoms with E-state index >= 15 is 0 Å². The standard InChI is InChI=1S/C16H22F2N2O/c1-21-12-7-14(17)13(15(18)8-12)9-20-6-4-16(11-20)3-2-5-19-10-16/h7-8,19H,2-6,9-11H2,1H3. The Morgan fingerprint density at radius 2 is 2.05 bits per heavy atom. The molecule has 3 rings (SSSR count). The number of nitrogens with one attached hydrogen (secondary N) is 1. The van der Waals surface area contributed by atoms with Crippen LogP contribution in [0, 0.1) is 17.0 Å². The van der Waals surface area contributed by atoms with Gasteiger partial charge in [0.1, 0.15) is 17.4 Å². The molecule has 0 aromatic heterocycles. The predicted molar refractivity (Wildman–Crippen MR) is 77.3 cm³/mol. The van der Waals surface area contributed by atoms with Crippen molar-refractivity contribution in [3.63, 3.8) is 0 Å². The molecule has 5 heteroatoms. The highest BCUT2D eigenvalue weighted by Gasteiger charge is 2.39. The van der Waals surface area contributed by atoms with E-state index in [0.717, 1.165) is 32.6 Å². The molecule has 0 bridgehead atoms. The number of benzene rings is 1. The van der Waals surface area contributed by atoms with E-state index in [2.05, 4.69) is 10.2 Å². The SMILES string of the molecule is COc1cc(F)c(CN2CCC3(CCCNC3)C2)c(F)c1. The molecule has 0 aliphatic carbocycles. The second-order valence-electron chi connectivity index (χ2n) is 6.31. The third kappa shape index (κ3) is 3.04. The maximum atomic E-state index is 14.0. The molecule has 0 amide bonds. The van der Waals surface area contributed by atoms with Crippen LogP contribution in [0.3, 0.4) is 0 Å². The van der Waals surface area contributed by atoms with Crippen LogP contribution in [0.2, 0.25) is 0 Å². The summed E-state index contributed by atoms with van der Waals surface area (Å²) >= 11 is 0. The number of rotatable bonds is 3. The van der Waals surface area contributed by atoms with Crippen LogP contribution in [0.15, 0.2) is 12.1 Å². The minimum atomic E-state index is -0.519. The van der Waals surface area contributed by atoms with Gasteiger partial charge in [-0.15, -0.1) is 0 Å². The topological polar surface area (TPSA) is 24.5 Å². The van der Waals surface area contributed by atoms with Crippen LogP contribution in [-0.2, 0) is 6.54 Å². The van der Waals surface area contributed by atoms with E-state index in [1.807, 2.05) is 0 Å². The third-order valence-corrected chi connectivity index (χ3v) is 4.81. The first kappa shape index (κ1) is 14.7. The second-order valence-corrected chi connectivity index (χ2v) is 6.31. The molecular weight excluding hydrogens is 274 g/mol. The summed E-state index contributed by atoms with van der Waals surface area (Å²) in [7, 11) is 1.41. The number of methoxy groups -OCH3 is 1. The van der Waals surface area contributed by atoms with Crippen LogP contribution in [0.4, 0.5) is 8.78 Å². The van der Waals surface area contributed by atoms with Gasteiger partial charge in [-0.2, -0.15) is 0 Å². The fourth-order valence-electron chi connectivity index (χ4n) is 3.61. The minimum absolute atomic E-state index is 0.150. The monoisotopic (exact) mass is 296 g/mol. The number of hydrogen-bond acceptors (Lipinski definition) is 3. The lowest BCUT2D eigenvalue weighted by Gasteiger charge is -2.34. The van der Waals surface area contributed by atoms with Gasteiger partial charge >= 0.3 is 0 Å². The molecule has 2 fully saturated rings. The molecule has 1 spiro atoms. The van der Waals surface area contributed by atoms with Crippen LogP contribution in [0.25, 0.3) is 0 Å². The Labute approximate surface area is 124 Å². The molecule has 116 valence electrons. The van der Waals surface area contributed by atoms with Crippen molar-refractivity contribution < 1.29 is 13.5 Å². The molecule has 1 unspecified atom stereocenters. The number of piperidine rings is 1. The van der Waals surface area contributed by atoms with Crippen molar-refractivity contribution in [1.82, 2.24) is 10.2 Å². The number of nitrogens with zero attached hydrogens (tertiary/aromatic N) is 1. The summed E-state index contributed by atoms with van der Waals surface area (Å²) in [4.78, 5) is 2.17. The Bertz CT molecular complexity index is 492. The van der Waals surface area contributed by atoms with Crippen molar-refractivity contribution in [2.75, 3.05) is 33.3 Å². The summed E-state index contributed by atoms with van der Waals surface area (Å²) in [5.74, 6) is -0.813. The van der Waals surface area contributed by atoms with Crippen molar-refractivity contribution in [2.24, 2.45) is 5.41 Å².